The summed E-state index contributed by atoms with van der Waals surface area (Å²) in [6.45, 7) is 0.990. The highest BCUT2D eigenvalue weighted by Crippen LogP contribution is 2.31. The summed E-state index contributed by atoms with van der Waals surface area (Å²) in [4.78, 5) is 0. The van der Waals surface area contributed by atoms with Crippen molar-refractivity contribution in [2.24, 2.45) is 0 Å². The maximum absolute atomic E-state index is 6.23. The number of fused-ring (bicyclic) bond motifs is 1. The van der Waals surface area contributed by atoms with Crippen molar-refractivity contribution < 1.29 is 0 Å². The van der Waals surface area contributed by atoms with Crippen LogP contribution in [0.2, 0.25) is 10.0 Å². The molecule has 0 radical (unpaired) electrons. The summed E-state index contributed by atoms with van der Waals surface area (Å²) < 4.78 is 2.18. The van der Waals surface area contributed by atoms with Crippen LogP contribution in [0.1, 0.15) is 6.42 Å². The second-order valence-electron chi connectivity index (χ2n) is 3.65. The predicted molar refractivity (Wildman–Crippen MR) is 75.0 cm³/mol. The molecule has 0 saturated heterocycles. The minimum Gasteiger partial charge on any atom is -0.346 e. The number of hydrogen-bond acceptors (Lipinski definition) is 1. The van der Waals surface area contributed by atoms with Gasteiger partial charge in [-0.1, -0.05) is 29.3 Å². The van der Waals surface area contributed by atoms with E-state index in [0.29, 0.717) is 10.0 Å². The average Bonchev–Trinajstić information content (AvgIpc) is 2.68. The second-order valence-corrected chi connectivity index (χ2v) is 5.43. The van der Waals surface area contributed by atoms with Gasteiger partial charge in [-0.3, -0.25) is 0 Å². The molecule has 2 aromatic rings. The van der Waals surface area contributed by atoms with E-state index in [1.165, 1.54) is 0 Å². The molecule has 1 aromatic carbocycles. The van der Waals surface area contributed by atoms with Gasteiger partial charge in [-0.2, -0.15) is 11.8 Å². The van der Waals surface area contributed by atoms with Crippen molar-refractivity contribution in [1.82, 2.24) is 4.57 Å². The number of thioether (sulfide) groups is 1. The van der Waals surface area contributed by atoms with Gasteiger partial charge in [0.15, 0.2) is 0 Å². The summed E-state index contributed by atoms with van der Waals surface area (Å²) in [5, 5.41) is 2.44. The molecule has 1 nitrogen and oxygen atoms in total. The van der Waals surface area contributed by atoms with Crippen molar-refractivity contribution in [3.05, 3.63) is 34.4 Å². The fourth-order valence-electron chi connectivity index (χ4n) is 1.79. The van der Waals surface area contributed by atoms with Crippen LogP contribution in [0.15, 0.2) is 24.4 Å². The van der Waals surface area contributed by atoms with E-state index in [0.717, 1.165) is 29.6 Å². The van der Waals surface area contributed by atoms with Crippen LogP contribution in [0.3, 0.4) is 0 Å². The maximum Gasteiger partial charge on any atom is 0.0835 e. The van der Waals surface area contributed by atoms with Crippen LogP contribution >= 0.6 is 35.0 Å². The van der Waals surface area contributed by atoms with Crippen LogP contribution in [0, 0.1) is 0 Å². The molecular formula is C12H13Cl2NS. The zero-order chi connectivity index (χ0) is 11.5. The van der Waals surface area contributed by atoms with Crippen LogP contribution in [0.25, 0.3) is 10.9 Å². The average molecular weight is 274 g/mol. The summed E-state index contributed by atoms with van der Waals surface area (Å²) in [5.41, 5.74) is 1.05. The van der Waals surface area contributed by atoms with E-state index in [1.54, 1.807) is 0 Å². The van der Waals surface area contributed by atoms with E-state index in [9.17, 15) is 0 Å². The van der Waals surface area contributed by atoms with Gasteiger partial charge in [-0.25, -0.2) is 0 Å². The lowest BCUT2D eigenvalue weighted by molar-refractivity contribution is 0.709. The van der Waals surface area contributed by atoms with Gasteiger partial charge in [0.05, 0.1) is 15.6 Å². The first-order valence-electron chi connectivity index (χ1n) is 5.16. The highest BCUT2D eigenvalue weighted by molar-refractivity contribution is 7.98. The number of nitrogens with zero attached hydrogens (tertiary/aromatic N) is 1. The Hall–Kier alpha value is -0.310. The molecule has 0 spiro atoms. The zero-order valence-electron chi connectivity index (χ0n) is 9.04. The third-order valence-electron chi connectivity index (χ3n) is 2.57. The van der Waals surface area contributed by atoms with Gasteiger partial charge in [-0.05, 0) is 30.6 Å². The van der Waals surface area contributed by atoms with Crippen molar-refractivity contribution in [3.8, 4) is 0 Å². The highest BCUT2D eigenvalue weighted by atomic mass is 35.5. The van der Waals surface area contributed by atoms with E-state index in [2.05, 4.69) is 23.1 Å². The molecule has 1 heterocycles. The molecule has 0 amide bonds. The van der Waals surface area contributed by atoms with E-state index in [-0.39, 0.29) is 0 Å². The summed E-state index contributed by atoms with van der Waals surface area (Å²) in [5.74, 6) is 1.16. The SMILES string of the molecule is CSCCCn1ccc2ccc(Cl)c(Cl)c21. The smallest absolute Gasteiger partial charge is 0.0835 e. The fraction of sp³-hybridized carbons (Fsp3) is 0.333. The Morgan fingerprint density at radius 1 is 1.25 bits per heavy atom. The molecule has 0 aliphatic rings. The monoisotopic (exact) mass is 273 g/mol. The standard InChI is InChI=1S/C12H13Cl2NS/c1-16-8-2-6-15-7-5-9-3-4-10(13)11(14)12(9)15/h3-5,7H,2,6,8H2,1H3. The lowest BCUT2D eigenvalue weighted by Gasteiger charge is -2.06. The topological polar surface area (TPSA) is 4.93 Å². The Bertz CT molecular complexity index is 493. The maximum atomic E-state index is 6.23. The normalized spacial score (nSPS) is 11.2. The Kier molecular flexibility index (Phi) is 4.06. The highest BCUT2D eigenvalue weighted by Gasteiger charge is 2.08. The molecule has 0 atom stereocenters. The third-order valence-corrected chi connectivity index (χ3v) is 4.06. The molecule has 86 valence electrons. The van der Waals surface area contributed by atoms with Crippen molar-refractivity contribution in [2.45, 2.75) is 13.0 Å². The largest absolute Gasteiger partial charge is 0.346 e. The van der Waals surface area contributed by atoms with Crippen molar-refractivity contribution in [1.29, 1.82) is 0 Å². The first-order chi connectivity index (χ1) is 7.74. The molecule has 0 N–H and O–H groups in total. The van der Waals surface area contributed by atoms with Crippen LogP contribution in [-0.4, -0.2) is 16.6 Å². The van der Waals surface area contributed by atoms with E-state index < -0.39 is 0 Å². The van der Waals surface area contributed by atoms with Gasteiger partial charge in [0.1, 0.15) is 0 Å². The molecule has 0 saturated carbocycles. The van der Waals surface area contributed by atoms with Crippen molar-refractivity contribution >= 4 is 45.9 Å². The first kappa shape index (κ1) is 12.2. The van der Waals surface area contributed by atoms with Crippen LogP contribution < -0.4 is 0 Å². The zero-order valence-corrected chi connectivity index (χ0v) is 11.4. The Morgan fingerprint density at radius 2 is 2.06 bits per heavy atom. The van der Waals surface area contributed by atoms with Crippen molar-refractivity contribution in [3.63, 3.8) is 0 Å². The minimum atomic E-state index is 0.624. The summed E-state index contributed by atoms with van der Waals surface area (Å²) >= 11 is 14.1. The number of rotatable bonds is 4. The fourth-order valence-corrected chi connectivity index (χ4v) is 2.64. The van der Waals surface area contributed by atoms with Crippen LogP contribution in [-0.2, 0) is 6.54 Å². The van der Waals surface area contributed by atoms with Gasteiger partial charge in [0.25, 0.3) is 0 Å². The Labute approximate surface area is 110 Å². The number of aromatic nitrogens is 1. The lowest BCUT2D eigenvalue weighted by Crippen LogP contribution is -1.97. The van der Waals surface area contributed by atoms with Gasteiger partial charge in [-0.15, -0.1) is 0 Å². The third kappa shape index (κ3) is 2.34. The number of halogens is 2. The van der Waals surface area contributed by atoms with Crippen LogP contribution in [0.5, 0.6) is 0 Å². The molecule has 2 rings (SSSR count). The van der Waals surface area contributed by atoms with E-state index in [4.69, 9.17) is 23.2 Å². The summed E-state index contributed by atoms with van der Waals surface area (Å²) in [6.07, 6.45) is 5.35. The minimum absolute atomic E-state index is 0.624. The molecular weight excluding hydrogens is 261 g/mol. The molecule has 0 unspecified atom stereocenters. The molecule has 0 bridgehead atoms. The van der Waals surface area contributed by atoms with Crippen molar-refractivity contribution in [2.75, 3.05) is 12.0 Å². The number of aryl methyl sites for hydroxylation is 1. The molecule has 0 fully saturated rings. The number of benzene rings is 1. The first-order valence-corrected chi connectivity index (χ1v) is 7.31. The number of hydrogen-bond donors (Lipinski definition) is 0. The molecule has 4 heteroatoms. The van der Waals surface area contributed by atoms with Gasteiger partial charge < -0.3 is 4.57 Å². The molecule has 16 heavy (non-hydrogen) atoms. The molecule has 0 aliphatic heterocycles. The summed E-state index contributed by atoms with van der Waals surface area (Å²) in [7, 11) is 0. The van der Waals surface area contributed by atoms with Gasteiger partial charge in [0.2, 0.25) is 0 Å². The van der Waals surface area contributed by atoms with Gasteiger partial charge >= 0.3 is 0 Å². The van der Waals surface area contributed by atoms with Crippen LogP contribution in [0.4, 0.5) is 0 Å². The van der Waals surface area contributed by atoms with E-state index >= 15 is 0 Å². The molecule has 1 aromatic heterocycles. The quantitative estimate of drug-likeness (QED) is 0.731. The predicted octanol–water partition coefficient (Wildman–Crippen LogP) is 4.70. The Balaban J connectivity index is 2.35. The summed E-state index contributed by atoms with van der Waals surface area (Å²) in [6, 6.07) is 5.93. The Morgan fingerprint density at radius 3 is 2.81 bits per heavy atom. The molecule has 0 aliphatic carbocycles. The van der Waals surface area contributed by atoms with E-state index in [1.807, 2.05) is 23.9 Å². The van der Waals surface area contributed by atoms with Gasteiger partial charge in [0, 0.05) is 18.1 Å². The second kappa shape index (κ2) is 5.35. The lowest BCUT2D eigenvalue weighted by atomic mass is 10.2.